The summed E-state index contributed by atoms with van der Waals surface area (Å²) < 4.78 is 10.7. The number of amides is 1. The molecule has 0 radical (unpaired) electrons. The number of rotatable bonds is 6. The molecule has 0 saturated carbocycles. The minimum Gasteiger partial charge on any atom is -0.497 e. The van der Waals surface area contributed by atoms with Crippen molar-refractivity contribution in [3.63, 3.8) is 0 Å². The highest BCUT2D eigenvalue weighted by Crippen LogP contribution is 2.30. The first-order valence-corrected chi connectivity index (χ1v) is 8.80. The molecule has 1 N–H and O–H groups in total. The number of carbonyl (C=O) groups is 2. The van der Waals surface area contributed by atoms with Crippen molar-refractivity contribution in [1.82, 2.24) is 4.98 Å². The van der Waals surface area contributed by atoms with Crippen molar-refractivity contribution in [2.24, 2.45) is 0 Å². The van der Waals surface area contributed by atoms with E-state index in [1.54, 1.807) is 38.3 Å². The number of esters is 1. The Hall–Kier alpha value is -2.06. The zero-order valence-electron chi connectivity index (χ0n) is 12.9. The molecule has 1 aromatic carbocycles. The minimum atomic E-state index is -0.490. The third kappa shape index (κ3) is 4.23. The number of thioether (sulfide) groups is 1. The molecule has 122 valence electrons. The van der Waals surface area contributed by atoms with Crippen LogP contribution >= 0.6 is 23.1 Å². The van der Waals surface area contributed by atoms with Crippen LogP contribution < -0.4 is 10.1 Å². The second kappa shape index (κ2) is 7.98. The summed E-state index contributed by atoms with van der Waals surface area (Å²) >= 11 is 2.59. The normalized spacial score (nSPS) is 10.2. The second-order valence-electron chi connectivity index (χ2n) is 4.26. The quantitative estimate of drug-likeness (QED) is 0.635. The molecular weight excluding hydrogens is 336 g/mol. The fraction of sp³-hybridized carbons (Fsp3) is 0.267. The van der Waals surface area contributed by atoms with E-state index in [0.29, 0.717) is 15.7 Å². The summed E-state index contributed by atoms with van der Waals surface area (Å²) in [6, 6.07) is 6.66. The maximum Gasteiger partial charge on any atom is 0.352 e. The number of methoxy groups -OCH3 is 1. The monoisotopic (exact) mass is 352 g/mol. The number of carbonyl (C=O) groups excluding carboxylic acids is 2. The smallest absolute Gasteiger partial charge is 0.352 e. The number of thiazole rings is 1. The molecule has 0 aliphatic rings. The second-order valence-corrected chi connectivity index (χ2v) is 6.32. The molecule has 23 heavy (non-hydrogen) atoms. The Morgan fingerprint density at radius 1 is 1.30 bits per heavy atom. The Morgan fingerprint density at radius 2 is 2.00 bits per heavy atom. The van der Waals surface area contributed by atoms with E-state index in [9.17, 15) is 9.59 Å². The molecule has 1 aromatic heterocycles. The van der Waals surface area contributed by atoms with E-state index in [-0.39, 0.29) is 23.2 Å². The Morgan fingerprint density at radius 3 is 2.57 bits per heavy atom. The maximum absolute atomic E-state index is 12.3. The minimum absolute atomic E-state index is 0.221. The summed E-state index contributed by atoms with van der Waals surface area (Å²) in [5.74, 6) is 0.0391. The van der Waals surface area contributed by atoms with Crippen molar-refractivity contribution >= 4 is 40.8 Å². The largest absolute Gasteiger partial charge is 0.497 e. The zero-order valence-corrected chi connectivity index (χ0v) is 14.5. The van der Waals surface area contributed by atoms with Crippen LogP contribution in [0, 0.1) is 0 Å². The van der Waals surface area contributed by atoms with Crippen molar-refractivity contribution in [2.45, 2.75) is 11.3 Å². The number of nitrogens with one attached hydrogen (secondary N) is 1. The third-order valence-corrected chi connectivity index (χ3v) is 4.85. The number of aromatic nitrogens is 1. The van der Waals surface area contributed by atoms with Crippen LogP contribution in [-0.2, 0) is 4.74 Å². The molecular formula is C15H16N2O4S2. The molecule has 0 aliphatic heterocycles. The predicted molar refractivity (Wildman–Crippen MR) is 90.8 cm³/mol. The molecule has 8 heteroatoms. The molecule has 6 nitrogen and oxygen atoms in total. The van der Waals surface area contributed by atoms with Crippen molar-refractivity contribution in [3.05, 3.63) is 34.7 Å². The van der Waals surface area contributed by atoms with E-state index in [2.05, 4.69) is 10.3 Å². The van der Waals surface area contributed by atoms with Crippen LogP contribution in [0.15, 0.2) is 28.6 Å². The van der Waals surface area contributed by atoms with E-state index in [1.807, 2.05) is 6.26 Å². The zero-order chi connectivity index (χ0) is 16.8. The van der Waals surface area contributed by atoms with Crippen LogP contribution in [0.25, 0.3) is 0 Å². The van der Waals surface area contributed by atoms with Gasteiger partial charge >= 0.3 is 5.97 Å². The lowest BCUT2D eigenvalue weighted by Crippen LogP contribution is -2.15. The number of anilines is 1. The van der Waals surface area contributed by atoms with Gasteiger partial charge in [0, 0.05) is 5.56 Å². The van der Waals surface area contributed by atoms with Gasteiger partial charge in [-0.05, 0) is 37.4 Å². The lowest BCUT2D eigenvalue weighted by atomic mass is 10.2. The summed E-state index contributed by atoms with van der Waals surface area (Å²) in [4.78, 5) is 28.8. The van der Waals surface area contributed by atoms with Crippen molar-refractivity contribution in [2.75, 3.05) is 25.3 Å². The van der Waals surface area contributed by atoms with Crippen LogP contribution in [-0.4, -0.2) is 36.8 Å². The molecule has 0 unspecified atom stereocenters. The fourth-order valence-electron chi connectivity index (χ4n) is 1.73. The first kappa shape index (κ1) is 17.3. The van der Waals surface area contributed by atoms with E-state index >= 15 is 0 Å². The summed E-state index contributed by atoms with van der Waals surface area (Å²) in [7, 11) is 1.56. The lowest BCUT2D eigenvalue weighted by molar-refractivity contribution is 0.0533. The number of hydrogen-bond acceptors (Lipinski definition) is 7. The number of hydrogen-bond donors (Lipinski definition) is 1. The van der Waals surface area contributed by atoms with Gasteiger partial charge in [-0.15, -0.1) is 0 Å². The third-order valence-electron chi connectivity index (χ3n) is 2.83. The molecule has 2 aromatic rings. The lowest BCUT2D eigenvalue weighted by Gasteiger charge is -2.06. The Kier molecular flexibility index (Phi) is 6.00. The summed E-state index contributed by atoms with van der Waals surface area (Å²) in [5.41, 5.74) is 0.444. The number of nitrogens with zero attached hydrogens (tertiary/aromatic N) is 1. The highest BCUT2D eigenvalue weighted by molar-refractivity contribution is 8.00. The fourth-order valence-corrected chi connectivity index (χ4v) is 3.14. The van der Waals surface area contributed by atoms with E-state index < -0.39 is 5.97 Å². The standard InChI is InChI=1S/C15H16N2O4S2/c1-4-21-14(19)11-12(17-15(22-3)23-11)16-13(18)9-5-7-10(20-2)8-6-9/h5-8H,4H2,1-3H3,(H,16,18). The molecule has 0 bridgehead atoms. The van der Waals surface area contributed by atoms with Crippen molar-refractivity contribution in [1.29, 1.82) is 0 Å². The molecule has 2 rings (SSSR count). The molecule has 1 heterocycles. The van der Waals surface area contributed by atoms with Gasteiger partial charge in [0.15, 0.2) is 15.0 Å². The first-order valence-electron chi connectivity index (χ1n) is 6.76. The molecule has 0 atom stereocenters. The van der Waals surface area contributed by atoms with Gasteiger partial charge in [0.1, 0.15) is 5.75 Å². The number of ether oxygens (including phenoxy) is 2. The van der Waals surface area contributed by atoms with Crippen LogP contribution in [0.4, 0.5) is 5.82 Å². The van der Waals surface area contributed by atoms with E-state index in [4.69, 9.17) is 9.47 Å². The van der Waals surface area contributed by atoms with Gasteiger partial charge in [-0.25, -0.2) is 9.78 Å². The van der Waals surface area contributed by atoms with Gasteiger partial charge in [0.05, 0.1) is 13.7 Å². The summed E-state index contributed by atoms with van der Waals surface area (Å²) in [5, 5.41) is 2.66. The van der Waals surface area contributed by atoms with Gasteiger partial charge in [-0.1, -0.05) is 23.1 Å². The van der Waals surface area contributed by atoms with Gasteiger partial charge < -0.3 is 14.8 Å². The van der Waals surface area contributed by atoms with Crippen molar-refractivity contribution in [3.8, 4) is 5.75 Å². The molecule has 0 spiro atoms. The van der Waals surface area contributed by atoms with E-state index in [1.165, 1.54) is 23.1 Å². The molecule has 0 aliphatic carbocycles. The SMILES string of the molecule is CCOC(=O)c1sc(SC)nc1NC(=O)c1ccc(OC)cc1. The van der Waals surface area contributed by atoms with Crippen LogP contribution in [0.5, 0.6) is 5.75 Å². The van der Waals surface area contributed by atoms with Gasteiger partial charge in [-0.3, -0.25) is 4.79 Å². The van der Waals surface area contributed by atoms with Crippen LogP contribution in [0.3, 0.4) is 0 Å². The molecule has 0 fully saturated rings. The summed E-state index contributed by atoms with van der Waals surface area (Å²) in [6.45, 7) is 1.99. The van der Waals surface area contributed by atoms with Gasteiger partial charge in [0.2, 0.25) is 0 Å². The topological polar surface area (TPSA) is 77.5 Å². The average molecular weight is 352 g/mol. The Balaban J connectivity index is 2.22. The van der Waals surface area contributed by atoms with Crippen LogP contribution in [0.1, 0.15) is 27.0 Å². The summed E-state index contributed by atoms with van der Waals surface area (Å²) in [6.07, 6.45) is 1.85. The molecule has 1 amide bonds. The van der Waals surface area contributed by atoms with Crippen LogP contribution in [0.2, 0.25) is 0 Å². The molecule has 0 saturated heterocycles. The first-order chi connectivity index (χ1) is 11.1. The number of benzene rings is 1. The maximum atomic E-state index is 12.3. The van der Waals surface area contributed by atoms with Crippen molar-refractivity contribution < 1.29 is 19.1 Å². The average Bonchev–Trinajstić information content (AvgIpc) is 2.98. The van der Waals surface area contributed by atoms with Gasteiger partial charge in [-0.2, -0.15) is 0 Å². The van der Waals surface area contributed by atoms with Gasteiger partial charge in [0.25, 0.3) is 5.91 Å². The predicted octanol–water partition coefficient (Wildman–Crippen LogP) is 3.30. The van der Waals surface area contributed by atoms with E-state index in [0.717, 1.165) is 0 Å². The Labute approximate surface area is 142 Å². The highest BCUT2D eigenvalue weighted by Gasteiger charge is 2.21. The highest BCUT2D eigenvalue weighted by atomic mass is 32.2. The Bertz CT molecular complexity index is 698.